The second-order valence-electron chi connectivity index (χ2n) is 4.86. The van der Waals surface area contributed by atoms with Crippen LogP contribution >= 0.6 is 0 Å². The highest BCUT2D eigenvalue weighted by atomic mass is 16.5. The molecule has 1 atom stereocenters. The molecule has 1 aliphatic rings. The number of methoxy groups -OCH3 is 1. The molecule has 1 rings (SSSR count). The fourth-order valence-electron chi connectivity index (χ4n) is 2.16. The van der Waals surface area contributed by atoms with E-state index in [4.69, 9.17) is 9.84 Å². The van der Waals surface area contributed by atoms with Crippen molar-refractivity contribution in [2.45, 2.75) is 50.6 Å². The molecule has 1 fully saturated rings. The maximum atomic E-state index is 11.8. The molecule has 6 heteroatoms. The van der Waals surface area contributed by atoms with Gasteiger partial charge in [-0.05, 0) is 25.7 Å². The average Bonchev–Trinajstić information content (AvgIpc) is 2.24. The van der Waals surface area contributed by atoms with Crippen molar-refractivity contribution in [2.75, 3.05) is 13.7 Å². The van der Waals surface area contributed by atoms with E-state index in [0.29, 0.717) is 6.61 Å². The minimum absolute atomic E-state index is 0.0124. The molecule has 0 spiro atoms. The quantitative estimate of drug-likeness (QED) is 0.638. The van der Waals surface area contributed by atoms with E-state index in [9.17, 15) is 9.59 Å². The van der Waals surface area contributed by atoms with Crippen molar-refractivity contribution in [3.05, 3.63) is 0 Å². The van der Waals surface area contributed by atoms with Crippen LogP contribution in [-0.4, -0.2) is 42.4 Å². The summed E-state index contributed by atoms with van der Waals surface area (Å²) < 4.78 is 4.99. The lowest BCUT2D eigenvalue weighted by atomic mass is 9.74. The monoisotopic (exact) mass is 258 g/mol. The minimum Gasteiger partial charge on any atom is -0.481 e. The number of hydrogen-bond acceptors (Lipinski definition) is 3. The number of carboxylic acid groups (broad SMARTS) is 1. The van der Waals surface area contributed by atoms with Gasteiger partial charge in [-0.25, -0.2) is 4.79 Å². The van der Waals surface area contributed by atoms with Crippen LogP contribution in [0.3, 0.4) is 0 Å². The van der Waals surface area contributed by atoms with Crippen LogP contribution in [-0.2, 0) is 9.53 Å². The molecular formula is C12H22N2O4. The van der Waals surface area contributed by atoms with Crippen molar-refractivity contribution >= 4 is 12.0 Å². The van der Waals surface area contributed by atoms with E-state index in [2.05, 4.69) is 10.6 Å². The number of carbonyl (C=O) groups is 2. The summed E-state index contributed by atoms with van der Waals surface area (Å²) >= 11 is 0. The molecule has 0 radical (unpaired) electrons. The standard InChI is InChI=1S/C12H22N2O4/c1-3-9(8-18-2)13-11(17)14-12(5-4-6-12)7-10(15)16/h9H,3-8H2,1-2H3,(H,15,16)(H2,13,14,17). The topological polar surface area (TPSA) is 87.7 Å². The first-order valence-electron chi connectivity index (χ1n) is 6.31. The average molecular weight is 258 g/mol. The first-order chi connectivity index (χ1) is 8.51. The van der Waals surface area contributed by atoms with E-state index >= 15 is 0 Å². The van der Waals surface area contributed by atoms with Gasteiger partial charge in [0.2, 0.25) is 0 Å². The van der Waals surface area contributed by atoms with Crippen molar-refractivity contribution in [1.29, 1.82) is 0 Å². The third kappa shape index (κ3) is 4.18. The lowest BCUT2D eigenvalue weighted by Crippen LogP contribution is -2.58. The Kier molecular flexibility index (Phi) is 5.40. The van der Waals surface area contributed by atoms with E-state index in [1.807, 2.05) is 6.92 Å². The first-order valence-corrected chi connectivity index (χ1v) is 6.31. The molecule has 1 saturated carbocycles. The van der Waals surface area contributed by atoms with E-state index in [-0.39, 0.29) is 18.5 Å². The second kappa shape index (κ2) is 6.58. The van der Waals surface area contributed by atoms with Crippen LogP contribution < -0.4 is 10.6 Å². The van der Waals surface area contributed by atoms with Gasteiger partial charge >= 0.3 is 12.0 Å². The maximum Gasteiger partial charge on any atom is 0.315 e. The summed E-state index contributed by atoms with van der Waals surface area (Å²) in [4.78, 5) is 22.6. The van der Waals surface area contributed by atoms with Crippen molar-refractivity contribution in [3.8, 4) is 0 Å². The molecule has 0 heterocycles. The normalized spacial score (nSPS) is 18.6. The van der Waals surface area contributed by atoms with Crippen molar-refractivity contribution in [2.24, 2.45) is 0 Å². The van der Waals surface area contributed by atoms with Gasteiger partial charge < -0.3 is 20.5 Å². The zero-order valence-corrected chi connectivity index (χ0v) is 11.0. The number of ether oxygens (including phenoxy) is 1. The molecule has 18 heavy (non-hydrogen) atoms. The number of amides is 2. The SMILES string of the molecule is CCC(COC)NC(=O)NC1(CC(=O)O)CCC1. The van der Waals surface area contributed by atoms with Gasteiger partial charge in [-0.2, -0.15) is 0 Å². The van der Waals surface area contributed by atoms with Gasteiger partial charge in [0.25, 0.3) is 0 Å². The number of carbonyl (C=O) groups excluding carboxylic acids is 1. The Balaban J connectivity index is 2.44. The predicted octanol–water partition coefficient (Wildman–Crippen LogP) is 1.11. The predicted molar refractivity (Wildman–Crippen MR) is 66.5 cm³/mol. The smallest absolute Gasteiger partial charge is 0.315 e. The molecular weight excluding hydrogens is 236 g/mol. The van der Waals surface area contributed by atoms with Crippen LogP contribution in [0.25, 0.3) is 0 Å². The molecule has 1 unspecified atom stereocenters. The fraction of sp³-hybridized carbons (Fsp3) is 0.833. The van der Waals surface area contributed by atoms with E-state index in [0.717, 1.165) is 25.7 Å². The van der Waals surface area contributed by atoms with Gasteiger partial charge in [-0.15, -0.1) is 0 Å². The van der Waals surface area contributed by atoms with Gasteiger partial charge in [-0.1, -0.05) is 6.92 Å². The molecule has 0 aromatic carbocycles. The zero-order chi connectivity index (χ0) is 13.6. The highest BCUT2D eigenvalue weighted by molar-refractivity contribution is 5.77. The molecule has 1 aliphatic carbocycles. The van der Waals surface area contributed by atoms with Crippen LogP contribution in [0.1, 0.15) is 39.0 Å². The van der Waals surface area contributed by atoms with Crippen LogP contribution in [0.2, 0.25) is 0 Å². The highest BCUT2D eigenvalue weighted by Crippen LogP contribution is 2.34. The molecule has 0 aromatic heterocycles. The molecule has 2 amide bonds. The summed E-state index contributed by atoms with van der Waals surface area (Å²) in [5, 5.41) is 14.4. The number of rotatable bonds is 7. The number of urea groups is 1. The molecule has 6 nitrogen and oxygen atoms in total. The summed E-state index contributed by atoms with van der Waals surface area (Å²) in [5.41, 5.74) is -0.554. The summed E-state index contributed by atoms with van der Waals surface area (Å²) in [6.45, 7) is 2.41. The Morgan fingerprint density at radius 3 is 2.50 bits per heavy atom. The number of hydrogen-bond donors (Lipinski definition) is 3. The molecule has 3 N–H and O–H groups in total. The Morgan fingerprint density at radius 1 is 1.44 bits per heavy atom. The van der Waals surface area contributed by atoms with Crippen molar-refractivity contribution < 1.29 is 19.4 Å². The number of nitrogens with one attached hydrogen (secondary N) is 2. The van der Waals surface area contributed by atoms with Crippen molar-refractivity contribution in [3.63, 3.8) is 0 Å². The lowest BCUT2D eigenvalue weighted by molar-refractivity contribution is -0.139. The van der Waals surface area contributed by atoms with Gasteiger partial charge in [0.05, 0.1) is 24.6 Å². The molecule has 104 valence electrons. The Hall–Kier alpha value is -1.30. The van der Waals surface area contributed by atoms with E-state index in [1.54, 1.807) is 7.11 Å². The fourth-order valence-corrected chi connectivity index (χ4v) is 2.16. The maximum absolute atomic E-state index is 11.8. The molecule has 0 aliphatic heterocycles. The van der Waals surface area contributed by atoms with Crippen LogP contribution in [0.15, 0.2) is 0 Å². The van der Waals surface area contributed by atoms with Crippen LogP contribution in [0, 0.1) is 0 Å². The van der Waals surface area contributed by atoms with E-state index < -0.39 is 11.5 Å². The van der Waals surface area contributed by atoms with E-state index in [1.165, 1.54) is 0 Å². The Morgan fingerprint density at radius 2 is 2.11 bits per heavy atom. The third-order valence-corrected chi connectivity index (χ3v) is 3.37. The van der Waals surface area contributed by atoms with Crippen LogP contribution in [0.5, 0.6) is 0 Å². The zero-order valence-electron chi connectivity index (χ0n) is 11.0. The Bertz CT molecular complexity index is 302. The van der Waals surface area contributed by atoms with Gasteiger partial charge in [0, 0.05) is 7.11 Å². The Labute approximate surface area is 107 Å². The number of aliphatic carboxylic acids is 1. The highest BCUT2D eigenvalue weighted by Gasteiger charge is 2.40. The molecule has 0 aromatic rings. The minimum atomic E-state index is -0.876. The summed E-state index contributed by atoms with van der Waals surface area (Å²) in [7, 11) is 1.58. The van der Waals surface area contributed by atoms with Gasteiger partial charge in [0.1, 0.15) is 0 Å². The summed E-state index contributed by atoms with van der Waals surface area (Å²) in [6, 6.07) is -0.350. The summed E-state index contributed by atoms with van der Waals surface area (Å²) in [5.74, 6) is -0.876. The molecule has 0 saturated heterocycles. The summed E-state index contributed by atoms with van der Waals surface area (Å²) in [6.07, 6.45) is 3.18. The first kappa shape index (κ1) is 14.8. The largest absolute Gasteiger partial charge is 0.481 e. The lowest BCUT2D eigenvalue weighted by Gasteiger charge is -2.41. The third-order valence-electron chi connectivity index (χ3n) is 3.37. The molecule has 0 bridgehead atoms. The number of carboxylic acids is 1. The van der Waals surface area contributed by atoms with Gasteiger partial charge in [0.15, 0.2) is 0 Å². The van der Waals surface area contributed by atoms with Crippen molar-refractivity contribution in [1.82, 2.24) is 10.6 Å². The van der Waals surface area contributed by atoms with Gasteiger partial charge in [-0.3, -0.25) is 4.79 Å². The second-order valence-corrected chi connectivity index (χ2v) is 4.86. The van der Waals surface area contributed by atoms with Crippen LogP contribution in [0.4, 0.5) is 4.79 Å².